The largest absolute Gasteiger partial charge is 0.486 e. The Morgan fingerprint density at radius 3 is 2.42 bits per heavy atom. The zero-order valence-electron chi connectivity index (χ0n) is 13.6. The van der Waals surface area contributed by atoms with Crippen molar-refractivity contribution in [1.29, 1.82) is 0 Å². The third kappa shape index (κ3) is 4.27. The Bertz CT molecular complexity index is 803. The second kappa shape index (κ2) is 7.23. The summed E-state index contributed by atoms with van der Waals surface area (Å²) < 4.78 is 38.1. The molecule has 3 rings (SSSR count). The van der Waals surface area contributed by atoms with Crippen molar-refractivity contribution in [2.45, 2.75) is 19.1 Å². The first-order chi connectivity index (χ1) is 11.5. The van der Waals surface area contributed by atoms with Crippen LogP contribution >= 0.6 is 0 Å². The van der Waals surface area contributed by atoms with E-state index in [1.54, 1.807) is 0 Å². The fraction of sp³-hybridized carbons (Fsp3) is 0.333. The minimum atomic E-state index is -3.34. The van der Waals surface area contributed by atoms with Gasteiger partial charge in [0.25, 0.3) is 0 Å². The summed E-state index contributed by atoms with van der Waals surface area (Å²) >= 11 is 0. The van der Waals surface area contributed by atoms with Crippen molar-refractivity contribution in [1.82, 2.24) is 4.72 Å². The summed E-state index contributed by atoms with van der Waals surface area (Å²) in [7, 11) is -3.34. The van der Waals surface area contributed by atoms with Crippen LogP contribution in [0, 0.1) is 6.92 Å². The van der Waals surface area contributed by atoms with Gasteiger partial charge in [-0.1, -0.05) is 30.3 Å². The van der Waals surface area contributed by atoms with Crippen LogP contribution in [0.25, 0.3) is 0 Å². The summed E-state index contributed by atoms with van der Waals surface area (Å²) in [5.74, 6) is 1.48. The first-order valence-electron chi connectivity index (χ1n) is 7.94. The number of ether oxygens (including phenoxy) is 2. The summed E-state index contributed by atoms with van der Waals surface area (Å²) in [5.41, 5.74) is 2.91. The molecule has 0 aromatic heterocycles. The van der Waals surface area contributed by atoms with Crippen LogP contribution in [0.3, 0.4) is 0 Å². The summed E-state index contributed by atoms with van der Waals surface area (Å²) in [5, 5.41) is 0. The summed E-state index contributed by atoms with van der Waals surface area (Å²) in [6.45, 7) is 3.45. The van der Waals surface area contributed by atoms with Crippen LogP contribution in [0.4, 0.5) is 0 Å². The summed E-state index contributed by atoms with van der Waals surface area (Å²) in [4.78, 5) is 0. The standard InChI is InChI=1S/C18H21NO4S/c1-14-11-17-18(23-10-9-22-17)12-16(14)7-8-19-24(20,21)13-15-5-3-2-4-6-15/h2-6,11-12,19H,7-10,13H2,1H3. The van der Waals surface area contributed by atoms with Crippen molar-refractivity contribution in [3.05, 3.63) is 59.2 Å². The van der Waals surface area contributed by atoms with Crippen LogP contribution in [0.2, 0.25) is 0 Å². The molecule has 2 aromatic carbocycles. The molecule has 6 heteroatoms. The predicted octanol–water partition coefficient (Wildman–Crippen LogP) is 2.43. The molecule has 128 valence electrons. The van der Waals surface area contributed by atoms with Crippen molar-refractivity contribution in [3.8, 4) is 11.5 Å². The number of aryl methyl sites for hydroxylation is 1. The number of nitrogens with one attached hydrogen (secondary N) is 1. The fourth-order valence-corrected chi connectivity index (χ4v) is 3.83. The molecule has 1 aliphatic heterocycles. The van der Waals surface area contributed by atoms with Crippen molar-refractivity contribution >= 4 is 10.0 Å². The Morgan fingerprint density at radius 1 is 1.04 bits per heavy atom. The van der Waals surface area contributed by atoms with Gasteiger partial charge in [0.15, 0.2) is 11.5 Å². The van der Waals surface area contributed by atoms with E-state index < -0.39 is 10.0 Å². The van der Waals surface area contributed by atoms with Gasteiger partial charge in [0.1, 0.15) is 13.2 Å². The zero-order chi connectivity index (χ0) is 17.0. The summed E-state index contributed by atoms with van der Waals surface area (Å²) in [6, 6.07) is 13.0. The number of rotatable bonds is 6. The lowest BCUT2D eigenvalue weighted by molar-refractivity contribution is 0.171. The lowest BCUT2D eigenvalue weighted by atomic mass is 10.0. The number of benzene rings is 2. The third-order valence-corrected chi connectivity index (χ3v) is 5.27. The smallest absolute Gasteiger partial charge is 0.215 e. The molecule has 0 radical (unpaired) electrons. The third-order valence-electron chi connectivity index (χ3n) is 3.92. The topological polar surface area (TPSA) is 64.6 Å². The Kier molecular flexibility index (Phi) is 5.06. The Hall–Kier alpha value is -2.05. The van der Waals surface area contributed by atoms with E-state index in [1.165, 1.54) is 0 Å². The van der Waals surface area contributed by atoms with Crippen LogP contribution < -0.4 is 14.2 Å². The van der Waals surface area contributed by atoms with Gasteiger partial charge in [0.05, 0.1) is 5.75 Å². The van der Waals surface area contributed by atoms with E-state index in [0.29, 0.717) is 26.2 Å². The van der Waals surface area contributed by atoms with Gasteiger partial charge in [0.2, 0.25) is 10.0 Å². The molecule has 0 aliphatic carbocycles. The maximum absolute atomic E-state index is 12.2. The van der Waals surface area contributed by atoms with Crippen LogP contribution in [0.5, 0.6) is 11.5 Å². The quantitative estimate of drug-likeness (QED) is 0.872. The highest BCUT2D eigenvalue weighted by Gasteiger charge is 2.15. The van der Waals surface area contributed by atoms with E-state index in [-0.39, 0.29) is 5.75 Å². The SMILES string of the molecule is Cc1cc2c(cc1CCNS(=O)(=O)Cc1ccccc1)OCCO2. The molecule has 5 nitrogen and oxygen atoms in total. The van der Waals surface area contributed by atoms with Crippen molar-refractivity contribution < 1.29 is 17.9 Å². The number of hydrogen-bond donors (Lipinski definition) is 1. The van der Waals surface area contributed by atoms with Gasteiger partial charge in [-0.15, -0.1) is 0 Å². The molecule has 0 unspecified atom stereocenters. The van der Waals surface area contributed by atoms with Gasteiger partial charge >= 0.3 is 0 Å². The van der Waals surface area contributed by atoms with E-state index in [1.807, 2.05) is 49.4 Å². The maximum Gasteiger partial charge on any atom is 0.215 e. The maximum atomic E-state index is 12.2. The van der Waals surface area contributed by atoms with Crippen LogP contribution in [-0.4, -0.2) is 28.2 Å². The highest BCUT2D eigenvalue weighted by molar-refractivity contribution is 7.88. The molecule has 24 heavy (non-hydrogen) atoms. The van der Waals surface area contributed by atoms with Gasteiger partial charge < -0.3 is 9.47 Å². The van der Waals surface area contributed by atoms with E-state index in [9.17, 15) is 8.42 Å². The zero-order valence-corrected chi connectivity index (χ0v) is 14.4. The van der Waals surface area contributed by atoms with E-state index in [4.69, 9.17) is 9.47 Å². The number of hydrogen-bond acceptors (Lipinski definition) is 4. The highest BCUT2D eigenvalue weighted by atomic mass is 32.2. The van der Waals surface area contributed by atoms with Crippen LogP contribution in [0.15, 0.2) is 42.5 Å². The van der Waals surface area contributed by atoms with Gasteiger partial charge in [-0.2, -0.15) is 0 Å². The number of sulfonamides is 1. The molecule has 1 heterocycles. The molecule has 0 amide bonds. The molecule has 0 bridgehead atoms. The molecule has 2 aromatic rings. The normalized spacial score (nSPS) is 13.7. The monoisotopic (exact) mass is 347 g/mol. The Balaban J connectivity index is 1.60. The van der Waals surface area contributed by atoms with Crippen molar-refractivity contribution in [3.63, 3.8) is 0 Å². The fourth-order valence-electron chi connectivity index (χ4n) is 2.69. The number of fused-ring (bicyclic) bond motifs is 1. The molecule has 0 saturated heterocycles. The first-order valence-corrected chi connectivity index (χ1v) is 9.59. The Labute approximate surface area is 142 Å². The van der Waals surface area contributed by atoms with Crippen molar-refractivity contribution in [2.75, 3.05) is 19.8 Å². The predicted molar refractivity (Wildman–Crippen MR) is 92.9 cm³/mol. The molecule has 0 saturated carbocycles. The summed E-state index contributed by atoms with van der Waals surface area (Å²) in [6.07, 6.45) is 0.608. The molecule has 0 spiro atoms. The second-order valence-corrected chi connectivity index (χ2v) is 7.62. The van der Waals surface area contributed by atoms with E-state index in [0.717, 1.165) is 28.2 Å². The minimum Gasteiger partial charge on any atom is -0.486 e. The average molecular weight is 347 g/mol. The highest BCUT2D eigenvalue weighted by Crippen LogP contribution is 2.33. The van der Waals surface area contributed by atoms with Gasteiger partial charge in [-0.05, 0) is 42.2 Å². The molecule has 0 fully saturated rings. The lowest BCUT2D eigenvalue weighted by Crippen LogP contribution is -2.27. The average Bonchev–Trinajstić information content (AvgIpc) is 2.55. The van der Waals surface area contributed by atoms with Gasteiger partial charge in [-0.3, -0.25) is 0 Å². The Morgan fingerprint density at radius 2 is 1.71 bits per heavy atom. The molecular weight excluding hydrogens is 326 g/mol. The molecule has 0 atom stereocenters. The van der Waals surface area contributed by atoms with Gasteiger partial charge in [-0.25, -0.2) is 13.1 Å². The lowest BCUT2D eigenvalue weighted by Gasteiger charge is -2.20. The van der Waals surface area contributed by atoms with Crippen molar-refractivity contribution in [2.24, 2.45) is 0 Å². The minimum absolute atomic E-state index is 0.00599. The second-order valence-electron chi connectivity index (χ2n) is 5.81. The van der Waals surface area contributed by atoms with Gasteiger partial charge in [0, 0.05) is 6.54 Å². The molecule has 1 N–H and O–H groups in total. The van der Waals surface area contributed by atoms with E-state index >= 15 is 0 Å². The first kappa shape index (κ1) is 16.8. The van der Waals surface area contributed by atoms with E-state index in [2.05, 4.69) is 4.72 Å². The van der Waals surface area contributed by atoms with Crippen LogP contribution in [0.1, 0.15) is 16.7 Å². The molecular formula is C18H21NO4S. The van der Waals surface area contributed by atoms with Crippen LogP contribution in [-0.2, 0) is 22.2 Å². The molecule has 1 aliphatic rings.